The third-order valence-electron chi connectivity index (χ3n) is 12.9. The molecule has 6 heteroatoms. The van der Waals surface area contributed by atoms with Crippen molar-refractivity contribution in [2.45, 2.75) is 64.7 Å². The third-order valence-corrected chi connectivity index (χ3v) is 12.9. The first kappa shape index (κ1) is 42.9. The van der Waals surface area contributed by atoms with Crippen LogP contribution in [0.1, 0.15) is 76.3 Å². The first-order chi connectivity index (χ1) is 30.4. The molecule has 64 heavy (non-hydrogen) atoms. The molecule has 0 saturated carbocycles. The molecule has 0 radical (unpaired) electrons. The zero-order valence-corrected chi connectivity index (χ0v) is 39.6. The van der Waals surface area contributed by atoms with Crippen molar-refractivity contribution in [3.8, 4) is 17.3 Å². The fourth-order valence-electron chi connectivity index (χ4n) is 8.96. The van der Waals surface area contributed by atoms with E-state index in [1.54, 1.807) is 0 Å². The molecule has 9 aromatic rings. The summed E-state index contributed by atoms with van der Waals surface area (Å²) in [5, 5.41) is 2.22. The molecule has 1 aliphatic heterocycles. The van der Waals surface area contributed by atoms with E-state index < -0.39 is 0 Å². The Labute approximate surface area is 392 Å². The minimum atomic E-state index is -0.222. The van der Waals surface area contributed by atoms with E-state index in [1.165, 1.54) is 27.8 Å². The molecule has 0 aliphatic carbocycles. The van der Waals surface area contributed by atoms with E-state index in [-0.39, 0.29) is 37.3 Å². The molecule has 5 nitrogen and oxygen atoms in total. The van der Waals surface area contributed by atoms with Gasteiger partial charge in [0.25, 0.3) is 0 Å². The van der Waals surface area contributed by atoms with Gasteiger partial charge in [-0.05, 0) is 81.1 Å². The van der Waals surface area contributed by atoms with Crippen LogP contribution in [0.4, 0.5) is 22.7 Å². The standard InChI is InChI=1S/C58H51N4O.Pt/c1-56(2,3)43-27-32-52-54(35-43)60(45-28-25-42(26-29-45)57(4,5)40-17-10-8-11-18-40)39-61(52)46-21-16-22-47(37-46)63-48-30-31-50-49-23-14-15-24-51(49)62(53(50)38-48)55-36-44(33-34-59-55)58(6,7)41-19-12-9-13-20-41;/h8-36,39H,1-7H3;/q-3;. The van der Waals surface area contributed by atoms with Gasteiger partial charge in [0, 0.05) is 72.2 Å². The molecule has 322 valence electrons. The molecular formula is C58H51N4OPt-3. The summed E-state index contributed by atoms with van der Waals surface area (Å²) >= 11 is 0. The van der Waals surface area contributed by atoms with Gasteiger partial charge < -0.3 is 19.1 Å². The average Bonchev–Trinajstić information content (AvgIpc) is 3.85. The van der Waals surface area contributed by atoms with Crippen molar-refractivity contribution in [3.63, 3.8) is 0 Å². The third kappa shape index (κ3) is 7.71. The van der Waals surface area contributed by atoms with Crippen LogP contribution in [-0.2, 0) is 37.3 Å². The fraction of sp³-hybridized carbons (Fsp3) is 0.172. The number of para-hydroxylation sites is 1. The van der Waals surface area contributed by atoms with Gasteiger partial charge in [-0.1, -0.05) is 151 Å². The van der Waals surface area contributed by atoms with Crippen LogP contribution in [0, 0.1) is 18.8 Å². The summed E-state index contributed by atoms with van der Waals surface area (Å²) in [7, 11) is 0. The van der Waals surface area contributed by atoms with Crippen molar-refractivity contribution >= 4 is 44.6 Å². The molecule has 0 fully saturated rings. The zero-order chi connectivity index (χ0) is 43.5. The molecule has 10 rings (SSSR count). The van der Waals surface area contributed by atoms with E-state index in [0.29, 0.717) is 11.5 Å². The van der Waals surface area contributed by atoms with E-state index in [1.807, 2.05) is 24.4 Å². The number of pyridine rings is 1. The van der Waals surface area contributed by atoms with Crippen LogP contribution in [0.5, 0.6) is 11.5 Å². The number of hydrogen-bond donors (Lipinski definition) is 0. The molecule has 0 bridgehead atoms. The summed E-state index contributed by atoms with van der Waals surface area (Å²) in [5.74, 6) is 2.03. The Balaban J connectivity index is 0.00000518. The predicted molar refractivity (Wildman–Crippen MR) is 260 cm³/mol. The molecule has 0 spiro atoms. The van der Waals surface area contributed by atoms with Crippen molar-refractivity contribution in [1.29, 1.82) is 0 Å². The number of nitrogens with zero attached hydrogens (tertiary/aromatic N) is 4. The minimum Gasteiger partial charge on any atom is -0.509 e. The topological polar surface area (TPSA) is 33.5 Å². The number of anilines is 4. The summed E-state index contributed by atoms with van der Waals surface area (Å²) in [4.78, 5) is 9.43. The number of rotatable bonds is 9. The number of ether oxygens (including phenoxy) is 1. The van der Waals surface area contributed by atoms with Gasteiger partial charge in [0.2, 0.25) is 0 Å². The quantitative estimate of drug-likeness (QED) is 0.135. The Morgan fingerprint density at radius 1 is 0.500 bits per heavy atom. The number of fused-ring (bicyclic) bond motifs is 4. The Kier molecular flexibility index (Phi) is 11.1. The van der Waals surface area contributed by atoms with Crippen LogP contribution in [0.25, 0.3) is 27.6 Å². The average molecular weight is 1020 g/mol. The molecular weight excluding hydrogens is 964 g/mol. The fourth-order valence-corrected chi connectivity index (χ4v) is 8.96. The Hall–Kier alpha value is -6.42. The van der Waals surface area contributed by atoms with E-state index in [9.17, 15) is 0 Å². The van der Waals surface area contributed by atoms with Crippen LogP contribution in [0.2, 0.25) is 0 Å². The van der Waals surface area contributed by atoms with E-state index in [4.69, 9.17) is 9.72 Å². The second-order valence-electron chi connectivity index (χ2n) is 18.7. The van der Waals surface area contributed by atoms with Crippen molar-refractivity contribution < 1.29 is 25.8 Å². The van der Waals surface area contributed by atoms with E-state index in [0.717, 1.165) is 50.4 Å². The number of benzene rings is 7. The van der Waals surface area contributed by atoms with E-state index >= 15 is 0 Å². The maximum atomic E-state index is 6.66. The first-order valence-electron chi connectivity index (χ1n) is 21.8. The SMILES string of the molecule is CC(C)(C)c1ccc2c(c1)N(c1ccc(C(C)(C)c3ccccc3)cc1)[CH-]N2c1[c-]c(Oc2[c-]c3c(cc2)c2ccccc2n3-c2cc(C(C)(C)c3ccccc3)ccn2)ccc1.[Pt]. The minimum absolute atomic E-state index is 0. The van der Waals surface area contributed by atoms with Crippen molar-refractivity contribution in [3.05, 3.63) is 223 Å². The maximum Gasteiger partial charge on any atom is 0.135 e. The molecule has 2 aromatic heterocycles. The number of aromatic nitrogens is 2. The molecule has 3 heterocycles. The molecule has 0 amide bonds. The van der Waals surface area contributed by atoms with Crippen molar-refractivity contribution in [2.24, 2.45) is 0 Å². The van der Waals surface area contributed by atoms with Crippen LogP contribution >= 0.6 is 0 Å². The summed E-state index contributed by atoms with van der Waals surface area (Å²) in [6, 6.07) is 67.4. The van der Waals surface area contributed by atoms with Crippen molar-refractivity contribution in [1.82, 2.24) is 9.55 Å². The van der Waals surface area contributed by atoms with Gasteiger partial charge in [0.15, 0.2) is 0 Å². The summed E-state index contributed by atoms with van der Waals surface area (Å²) in [6.45, 7) is 18.1. The smallest absolute Gasteiger partial charge is 0.135 e. The molecule has 0 atom stereocenters. The Bertz CT molecular complexity index is 3110. The summed E-state index contributed by atoms with van der Waals surface area (Å²) < 4.78 is 8.86. The normalized spacial score (nSPS) is 13.0. The Morgan fingerprint density at radius 2 is 1.12 bits per heavy atom. The Morgan fingerprint density at radius 3 is 1.83 bits per heavy atom. The number of hydrogen-bond acceptors (Lipinski definition) is 4. The van der Waals surface area contributed by atoms with Crippen LogP contribution in [-0.4, -0.2) is 9.55 Å². The monoisotopic (exact) mass is 1010 g/mol. The van der Waals surface area contributed by atoms with Crippen LogP contribution in [0.15, 0.2) is 176 Å². The van der Waals surface area contributed by atoms with Crippen molar-refractivity contribution in [2.75, 3.05) is 9.80 Å². The van der Waals surface area contributed by atoms with Gasteiger partial charge in [-0.3, -0.25) is 0 Å². The molecule has 0 N–H and O–H groups in total. The largest absolute Gasteiger partial charge is 0.509 e. The molecule has 0 unspecified atom stereocenters. The van der Waals surface area contributed by atoms with Gasteiger partial charge in [0.05, 0.1) is 0 Å². The summed E-state index contributed by atoms with van der Waals surface area (Å²) in [6.07, 6.45) is 1.91. The first-order valence-corrected chi connectivity index (χ1v) is 21.8. The second kappa shape index (κ2) is 16.6. The maximum absolute atomic E-state index is 6.66. The zero-order valence-electron chi connectivity index (χ0n) is 37.3. The summed E-state index contributed by atoms with van der Waals surface area (Å²) in [5.41, 5.74) is 12.0. The van der Waals surface area contributed by atoms with Gasteiger partial charge in [-0.15, -0.1) is 48.1 Å². The van der Waals surface area contributed by atoms with Gasteiger partial charge in [-0.2, -0.15) is 12.1 Å². The van der Waals surface area contributed by atoms with Gasteiger partial charge >= 0.3 is 0 Å². The van der Waals surface area contributed by atoms with Gasteiger partial charge in [0.1, 0.15) is 5.82 Å². The second-order valence-corrected chi connectivity index (χ2v) is 18.7. The molecule has 7 aromatic carbocycles. The predicted octanol–water partition coefficient (Wildman–Crippen LogP) is 14.9. The molecule has 0 saturated heterocycles. The molecule has 1 aliphatic rings. The van der Waals surface area contributed by atoms with Crippen LogP contribution < -0.4 is 14.5 Å². The van der Waals surface area contributed by atoms with Crippen LogP contribution in [0.3, 0.4) is 0 Å². The van der Waals surface area contributed by atoms with Gasteiger partial charge in [-0.25, -0.2) is 4.98 Å². The van der Waals surface area contributed by atoms with E-state index in [2.05, 4.69) is 233 Å².